The molecule has 0 heterocycles. The summed E-state index contributed by atoms with van der Waals surface area (Å²) in [5.74, 6) is 1.28. The highest BCUT2D eigenvalue weighted by Crippen LogP contribution is 2.65. The van der Waals surface area contributed by atoms with Gasteiger partial charge in [0.15, 0.2) is 5.78 Å². The van der Waals surface area contributed by atoms with Crippen LogP contribution >= 0.6 is 0 Å². The molecule has 4 aliphatic carbocycles. The molecule has 0 radical (unpaired) electrons. The maximum atomic E-state index is 14.9. The summed E-state index contributed by atoms with van der Waals surface area (Å²) in [4.78, 5) is 23.8. The zero-order valence-corrected chi connectivity index (χ0v) is 16.2. The van der Waals surface area contributed by atoms with Crippen LogP contribution in [-0.2, 0) is 14.3 Å². The van der Waals surface area contributed by atoms with E-state index in [9.17, 15) is 14.0 Å². The lowest BCUT2D eigenvalue weighted by atomic mass is 9.47. The van der Waals surface area contributed by atoms with E-state index in [4.69, 9.17) is 4.74 Å². The van der Waals surface area contributed by atoms with Crippen LogP contribution in [0.1, 0.15) is 72.1 Å². The Kier molecular flexibility index (Phi) is 4.32. The summed E-state index contributed by atoms with van der Waals surface area (Å²) in [7, 11) is 0. The van der Waals surface area contributed by atoms with Crippen LogP contribution in [0.5, 0.6) is 0 Å². The van der Waals surface area contributed by atoms with Gasteiger partial charge in [-0.05, 0) is 67.8 Å². The third-order valence-corrected chi connectivity index (χ3v) is 8.40. The highest BCUT2D eigenvalue weighted by molar-refractivity contribution is 5.91. The van der Waals surface area contributed by atoms with Crippen LogP contribution in [0.4, 0.5) is 4.39 Å². The molecule has 3 saturated carbocycles. The highest BCUT2D eigenvalue weighted by atomic mass is 19.1. The zero-order chi connectivity index (χ0) is 18.7. The second kappa shape index (κ2) is 6.17. The van der Waals surface area contributed by atoms with E-state index in [1.54, 1.807) is 6.92 Å². The minimum absolute atomic E-state index is 0.0994. The smallest absolute Gasteiger partial charge is 0.305 e. The van der Waals surface area contributed by atoms with Crippen LogP contribution < -0.4 is 0 Å². The van der Waals surface area contributed by atoms with Crippen molar-refractivity contribution in [1.29, 1.82) is 0 Å². The fourth-order valence-electron chi connectivity index (χ4n) is 6.92. The van der Waals surface area contributed by atoms with E-state index in [2.05, 4.69) is 13.8 Å². The number of carbonyl (C=O) groups is 2. The first kappa shape index (κ1) is 18.2. The number of rotatable bonds is 2. The molecule has 3 fully saturated rings. The normalized spacial score (nSPS) is 47.5. The lowest BCUT2D eigenvalue weighted by Crippen LogP contribution is -2.52. The molecule has 26 heavy (non-hydrogen) atoms. The Bertz CT molecular complexity index is 656. The number of carbonyl (C=O) groups excluding carboxylic acids is 2. The molecule has 0 saturated heterocycles. The third-order valence-electron chi connectivity index (χ3n) is 8.40. The zero-order valence-electron chi connectivity index (χ0n) is 16.2. The van der Waals surface area contributed by atoms with Gasteiger partial charge < -0.3 is 4.74 Å². The molecule has 4 heteroatoms. The lowest BCUT2D eigenvalue weighted by Gasteiger charge is -2.57. The van der Waals surface area contributed by atoms with Crippen molar-refractivity contribution in [3.8, 4) is 0 Å². The predicted molar refractivity (Wildman–Crippen MR) is 97.2 cm³/mol. The largest absolute Gasteiger partial charge is 0.459 e. The van der Waals surface area contributed by atoms with Crippen LogP contribution in [0.25, 0.3) is 0 Å². The van der Waals surface area contributed by atoms with Gasteiger partial charge in [-0.3, -0.25) is 9.59 Å². The first-order chi connectivity index (χ1) is 12.3. The number of ether oxygens (including phenoxy) is 1. The topological polar surface area (TPSA) is 43.4 Å². The molecular formula is C22H31FO3. The maximum absolute atomic E-state index is 14.9. The predicted octanol–water partition coefficient (Wildman–Crippen LogP) is 4.79. The molecule has 7 atom stereocenters. The summed E-state index contributed by atoms with van der Waals surface area (Å²) in [6.07, 6.45) is 6.66. The molecule has 4 aliphatic rings. The minimum atomic E-state index is -1.04. The summed E-state index contributed by atoms with van der Waals surface area (Å²) >= 11 is 0. The van der Waals surface area contributed by atoms with E-state index < -0.39 is 12.3 Å². The SMILES string of the molecule is CCC(=O)O[C@H]1[C@@H](F)C[C@H]2[C@@H]3CCC4=CC(=O)CC[C@]4(C)[C@H]3CC[C@@]21C. The van der Waals surface area contributed by atoms with Crippen molar-refractivity contribution in [3.05, 3.63) is 11.6 Å². The van der Waals surface area contributed by atoms with E-state index >= 15 is 0 Å². The number of halogens is 1. The van der Waals surface area contributed by atoms with Gasteiger partial charge in [0, 0.05) is 18.3 Å². The van der Waals surface area contributed by atoms with E-state index in [0.29, 0.717) is 31.1 Å². The molecule has 3 nitrogen and oxygen atoms in total. The number of fused-ring (bicyclic) bond motifs is 5. The summed E-state index contributed by atoms with van der Waals surface area (Å²) in [5, 5.41) is 0. The van der Waals surface area contributed by atoms with Gasteiger partial charge >= 0.3 is 5.97 Å². The molecule has 0 aromatic heterocycles. The van der Waals surface area contributed by atoms with Crippen molar-refractivity contribution in [2.24, 2.45) is 28.6 Å². The summed E-state index contributed by atoms with van der Waals surface area (Å²) in [6.45, 7) is 6.25. The van der Waals surface area contributed by atoms with E-state index in [-0.39, 0.29) is 28.5 Å². The summed E-state index contributed by atoms with van der Waals surface area (Å²) in [5.41, 5.74) is 1.19. The Morgan fingerprint density at radius 2 is 2.00 bits per heavy atom. The van der Waals surface area contributed by atoms with Crippen molar-refractivity contribution < 1.29 is 18.7 Å². The molecule has 0 aliphatic heterocycles. The second-order valence-electron chi connectivity index (χ2n) is 9.53. The van der Waals surface area contributed by atoms with Crippen molar-refractivity contribution in [2.75, 3.05) is 0 Å². The number of hydrogen-bond acceptors (Lipinski definition) is 3. The molecule has 0 aromatic carbocycles. The number of allylic oxidation sites excluding steroid dienone is 1. The number of ketones is 1. The van der Waals surface area contributed by atoms with E-state index in [1.807, 2.05) is 6.08 Å². The molecule has 4 rings (SSSR count). The lowest BCUT2D eigenvalue weighted by molar-refractivity contribution is -0.163. The van der Waals surface area contributed by atoms with Gasteiger partial charge in [0.25, 0.3) is 0 Å². The van der Waals surface area contributed by atoms with Crippen molar-refractivity contribution in [1.82, 2.24) is 0 Å². The Hall–Kier alpha value is -1.19. The van der Waals surface area contributed by atoms with Crippen molar-refractivity contribution in [2.45, 2.75) is 84.4 Å². The van der Waals surface area contributed by atoms with Crippen molar-refractivity contribution >= 4 is 11.8 Å². The summed E-state index contributed by atoms with van der Waals surface area (Å²) in [6, 6.07) is 0. The van der Waals surface area contributed by atoms with Crippen LogP contribution in [0.3, 0.4) is 0 Å². The molecule has 0 spiro atoms. The van der Waals surface area contributed by atoms with Crippen LogP contribution in [0.15, 0.2) is 11.6 Å². The van der Waals surface area contributed by atoms with Gasteiger partial charge in [-0.25, -0.2) is 4.39 Å². The first-order valence-electron chi connectivity index (χ1n) is 10.4. The molecular weight excluding hydrogens is 331 g/mol. The average Bonchev–Trinajstić information content (AvgIpc) is 2.86. The quantitative estimate of drug-likeness (QED) is 0.664. The monoisotopic (exact) mass is 362 g/mol. The van der Waals surface area contributed by atoms with Crippen LogP contribution in [0, 0.1) is 28.6 Å². The van der Waals surface area contributed by atoms with Gasteiger partial charge in [0.2, 0.25) is 0 Å². The van der Waals surface area contributed by atoms with Crippen molar-refractivity contribution in [3.63, 3.8) is 0 Å². The number of hydrogen-bond donors (Lipinski definition) is 0. The van der Waals surface area contributed by atoms with E-state index in [1.165, 1.54) is 5.57 Å². The fraction of sp³-hybridized carbons (Fsp3) is 0.818. The standard InChI is InChI=1S/C22H31FO3/c1-4-19(25)26-20-18(23)12-17-15-6-5-13-11-14(24)7-9-21(13,2)16(15)8-10-22(17,20)3/h11,15-18,20H,4-10,12H2,1-3H3/t15-,16+,17+,18+,20+,21+,22+/m1/s1. The molecule has 0 bridgehead atoms. The average molecular weight is 362 g/mol. The Balaban J connectivity index is 1.62. The third kappa shape index (κ3) is 2.51. The summed E-state index contributed by atoms with van der Waals surface area (Å²) < 4.78 is 20.5. The second-order valence-corrected chi connectivity index (χ2v) is 9.53. The van der Waals surface area contributed by atoms with Gasteiger partial charge in [0.05, 0.1) is 0 Å². The number of esters is 1. The van der Waals surface area contributed by atoms with Gasteiger partial charge in [-0.2, -0.15) is 0 Å². The number of alkyl halides is 1. The minimum Gasteiger partial charge on any atom is -0.459 e. The van der Waals surface area contributed by atoms with Crippen LogP contribution in [0.2, 0.25) is 0 Å². The Morgan fingerprint density at radius 1 is 1.23 bits per heavy atom. The molecule has 144 valence electrons. The van der Waals surface area contributed by atoms with E-state index in [0.717, 1.165) is 32.1 Å². The maximum Gasteiger partial charge on any atom is 0.305 e. The van der Waals surface area contributed by atoms with Crippen LogP contribution in [-0.4, -0.2) is 24.0 Å². The highest BCUT2D eigenvalue weighted by Gasteiger charge is 2.63. The Labute approximate surface area is 155 Å². The molecule has 0 aromatic rings. The first-order valence-corrected chi connectivity index (χ1v) is 10.4. The Morgan fingerprint density at radius 3 is 2.73 bits per heavy atom. The van der Waals surface area contributed by atoms with Gasteiger partial charge in [-0.15, -0.1) is 0 Å². The molecule has 0 unspecified atom stereocenters. The molecule has 0 N–H and O–H groups in total. The molecule has 0 amide bonds. The van der Waals surface area contributed by atoms with Gasteiger partial charge in [0.1, 0.15) is 12.3 Å². The fourth-order valence-corrected chi connectivity index (χ4v) is 6.92. The van der Waals surface area contributed by atoms with Gasteiger partial charge in [-0.1, -0.05) is 26.3 Å².